The molecule has 4 aromatic rings. The lowest BCUT2D eigenvalue weighted by atomic mass is 10.2. The Kier molecular flexibility index (Phi) is 4.86. The molecule has 0 saturated heterocycles. The summed E-state index contributed by atoms with van der Waals surface area (Å²) in [4.78, 5) is 20.0. The molecular weight excluding hydrogens is 403 g/mol. The van der Waals surface area contributed by atoms with Gasteiger partial charge in [-0.2, -0.15) is 18.2 Å². The number of pyridine rings is 1. The van der Waals surface area contributed by atoms with Crippen molar-refractivity contribution in [3.63, 3.8) is 0 Å². The largest absolute Gasteiger partial charge is 0.497 e. The highest BCUT2D eigenvalue weighted by molar-refractivity contribution is 5.92. The summed E-state index contributed by atoms with van der Waals surface area (Å²) in [5, 5.41) is 6.10. The lowest BCUT2D eigenvalue weighted by Crippen LogP contribution is -2.23. The Bertz CT molecular complexity index is 1220. The fraction of sp³-hybridized carbons (Fsp3) is 0.158. The lowest BCUT2D eigenvalue weighted by molar-refractivity contribution is -0.159. The molecule has 0 bridgehead atoms. The van der Waals surface area contributed by atoms with Crippen molar-refractivity contribution in [1.29, 1.82) is 0 Å². The van der Waals surface area contributed by atoms with Crippen molar-refractivity contribution in [2.24, 2.45) is 0 Å². The Morgan fingerprint density at radius 1 is 1.23 bits per heavy atom. The number of fused-ring (bicyclic) bond motifs is 1. The predicted molar refractivity (Wildman–Crippen MR) is 97.7 cm³/mol. The van der Waals surface area contributed by atoms with Crippen LogP contribution < -0.4 is 10.1 Å². The van der Waals surface area contributed by atoms with Gasteiger partial charge in [0, 0.05) is 24.5 Å². The van der Waals surface area contributed by atoms with Gasteiger partial charge in [-0.3, -0.25) is 4.79 Å². The summed E-state index contributed by atoms with van der Waals surface area (Å²) >= 11 is 0. The number of methoxy groups -OCH3 is 1. The number of aromatic nitrogens is 4. The zero-order chi connectivity index (χ0) is 21.3. The third-order valence-corrected chi connectivity index (χ3v) is 4.21. The molecule has 4 rings (SSSR count). The molecule has 3 aromatic heterocycles. The van der Waals surface area contributed by atoms with Crippen LogP contribution in [0, 0.1) is 0 Å². The Labute approximate surface area is 167 Å². The van der Waals surface area contributed by atoms with Crippen LogP contribution in [0.2, 0.25) is 0 Å². The summed E-state index contributed by atoms with van der Waals surface area (Å²) in [6.45, 7) is 0.276. The van der Waals surface area contributed by atoms with E-state index in [-0.39, 0.29) is 23.6 Å². The molecule has 0 radical (unpaired) electrons. The van der Waals surface area contributed by atoms with Gasteiger partial charge in [-0.1, -0.05) is 17.3 Å². The predicted octanol–water partition coefficient (Wildman–Crippen LogP) is 3.34. The molecule has 0 unspecified atom stereocenters. The summed E-state index contributed by atoms with van der Waals surface area (Å²) in [5.74, 6) is -1.38. The van der Waals surface area contributed by atoms with Gasteiger partial charge in [-0.25, -0.2) is 4.98 Å². The van der Waals surface area contributed by atoms with E-state index in [1.165, 1.54) is 18.3 Å². The van der Waals surface area contributed by atoms with Crippen molar-refractivity contribution >= 4 is 11.6 Å². The number of amides is 1. The molecule has 0 fully saturated rings. The SMILES string of the molecule is COc1cccc(CNC(=O)c2cn3ccc(-c4noc(C(F)(F)F)n4)cc3n2)c1. The minimum absolute atomic E-state index is 0.152. The molecule has 3 heterocycles. The van der Waals surface area contributed by atoms with Gasteiger partial charge in [0.2, 0.25) is 5.82 Å². The first kappa shape index (κ1) is 19.4. The van der Waals surface area contributed by atoms with Gasteiger partial charge < -0.3 is 19.0 Å². The first-order valence-corrected chi connectivity index (χ1v) is 8.64. The van der Waals surface area contributed by atoms with Crippen LogP contribution in [0.5, 0.6) is 5.75 Å². The Hall–Kier alpha value is -3.89. The van der Waals surface area contributed by atoms with Crippen molar-refractivity contribution in [2.75, 3.05) is 7.11 Å². The molecule has 0 saturated carbocycles. The van der Waals surface area contributed by atoms with Crippen LogP contribution in [0.1, 0.15) is 21.9 Å². The second kappa shape index (κ2) is 7.50. The number of nitrogens with zero attached hydrogens (tertiary/aromatic N) is 4. The summed E-state index contributed by atoms with van der Waals surface area (Å²) in [5.41, 5.74) is 1.62. The molecule has 0 aliphatic carbocycles. The van der Waals surface area contributed by atoms with E-state index in [1.807, 2.05) is 12.1 Å². The highest BCUT2D eigenvalue weighted by atomic mass is 19.4. The van der Waals surface area contributed by atoms with Crippen LogP contribution in [0.15, 0.2) is 53.3 Å². The number of hydrogen-bond acceptors (Lipinski definition) is 6. The number of benzene rings is 1. The maximum Gasteiger partial charge on any atom is 0.471 e. The van der Waals surface area contributed by atoms with Gasteiger partial charge in [0.05, 0.1) is 7.11 Å². The first-order chi connectivity index (χ1) is 14.3. The average molecular weight is 417 g/mol. The molecule has 0 atom stereocenters. The number of rotatable bonds is 5. The minimum atomic E-state index is -4.73. The topological polar surface area (TPSA) is 94.5 Å². The third-order valence-electron chi connectivity index (χ3n) is 4.21. The molecule has 1 aromatic carbocycles. The van der Waals surface area contributed by atoms with Gasteiger partial charge in [0.1, 0.15) is 17.1 Å². The van der Waals surface area contributed by atoms with Crippen molar-refractivity contribution in [3.8, 4) is 17.1 Å². The van der Waals surface area contributed by atoms with E-state index in [2.05, 4.69) is 25.0 Å². The summed E-state index contributed by atoms with van der Waals surface area (Å²) in [6.07, 6.45) is -1.67. The van der Waals surface area contributed by atoms with Gasteiger partial charge >= 0.3 is 12.1 Å². The summed E-state index contributed by atoms with van der Waals surface area (Å²) in [7, 11) is 1.56. The number of hydrogen-bond donors (Lipinski definition) is 1. The molecule has 8 nitrogen and oxygen atoms in total. The molecule has 0 aliphatic heterocycles. The molecule has 0 aliphatic rings. The van der Waals surface area contributed by atoms with E-state index in [9.17, 15) is 18.0 Å². The molecule has 30 heavy (non-hydrogen) atoms. The van der Waals surface area contributed by atoms with E-state index in [0.717, 1.165) is 5.56 Å². The number of carbonyl (C=O) groups is 1. The number of alkyl halides is 3. The summed E-state index contributed by atoms with van der Waals surface area (Å²) < 4.78 is 48.9. The Morgan fingerprint density at radius 3 is 2.80 bits per heavy atom. The second-order valence-corrected chi connectivity index (χ2v) is 6.26. The first-order valence-electron chi connectivity index (χ1n) is 8.64. The van der Waals surface area contributed by atoms with Crippen LogP contribution in [-0.2, 0) is 12.7 Å². The van der Waals surface area contributed by atoms with Gasteiger partial charge in [0.25, 0.3) is 5.91 Å². The molecule has 1 amide bonds. The minimum Gasteiger partial charge on any atom is -0.497 e. The van der Waals surface area contributed by atoms with Gasteiger partial charge in [-0.15, -0.1) is 0 Å². The van der Waals surface area contributed by atoms with Crippen molar-refractivity contribution < 1.29 is 27.2 Å². The number of ether oxygens (including phenoxy) is 1. The zero-order valence-corrected chi connectivity index (χ0v) is 15.5. The van der Waals surface area contributed by atoms with Crippen LogP contribution in [0.4, 0.5) is 13.2 Å². The second-order valence-electron chi connectivity index (χ2n) is 6.26. The van der Waals surface area contributed by atoms with Crippen LogP contribution >= 0.6 is 0 Å². The van der Waals surface area contributed by atoms with Crippen LogP contribution in [-0.4, -0.2) is 32.5 Å². The van der Waals surface area contributed by atoms with Crippen molar-refractivity contribution in [1.82, 2.24) is 24.8 Å². The van der Waals surface area contributed by atoms with Gasteiger partial charge in [-0.05, 0) is 29.8 Å². The molecule has 11 heteroatoms. The maximum atomic E-state index is 12.6. The van der Waals surface area contributed by atoms with Crippen LogP contribution in [0.25, 0.3) is 17.0 Å². The van der Waals surface area contributed by atoms with E-state index in [1.54, 1.807) is 29.8 Å². The third kappa shape index (κ3) is 3.95. The molecule has 1 N–H and O–H groups in total. The number of nitrogens with one attached hydrogen (secondary N) is 1. The molecular formula is C19H14F3N5O3. The number of halogens is 3. The fourth-order valence-corrected chi connectivity index (χ4v) is 2.74. The fourth-order valence-electron chi connectivity index (χ4n) is 2.74. The normalized spacial score (nSPS) is 11.6. The monoisotopic (exact) mass is 417 g/mol. The lowest BCUT2D eigenvalue weighted by Gasteiger charge is -2.05. The quantitative estimate of drug-likeness (QED) is 0.535. The number of imidazole rings is 1. The molecule has 0 spiro atoms. The highest BCUT2D eigenvalue weighted by Gasteiger charge is 2.38. The van der Waals surface area contributed by atoms with Gasteiger partial charge in [0.15, 0.2) is 0 Å². The Balaban J connectivity index is 1.51. The highest BCUT2D eigenvalue weighted by Crippen LogP contribution is 2.29. The smallest absolute Gasteiger partial charge is 0.471 e. The zero-order valence-electron chi connectivity index (χ0n) is 15.5. The molecule has 154 valence electrons. The summed E-state index contributed by atoms with van der Waals surface area (Å²) in [6, 6.07) is 10.2. The standard InChI is InChI=1S/C19H14F3N5O3/c1-29-13-4-2-3-11(7-13)9-23-17(28)14-10-27-6-5-12(8-15(27)24-14)16-25-18(30-26-16)19(20,21)22/h2-8,10H,9H2,1H3,(H,23,28). The Morgan fingerprint density at radius 2 is 2.07 bits per heavy atom. The maximum absolute atomic E-state index is 12.6. The van der Waals surface area contributed by atoms with Crippen molar-refractivity contribution in [3.05, 3.63) is 65.9 Å². The van der Waals surface area contributed by atoms with Crippen molar-refractivity contribution in [2.45, 2.75) is 12.7 Å². The van der Waals surface area contributed by atoms with E-state index >= 15 is 0 Å². The number of carbonyl (C=O) groups excluding carboxylic acids is 1. The van der Waals surface area contributed by atoms with E-state index in [0.29, 0.717) is 11.4 Å². The average Bonchev–Trinajstić information content (AvgIpc) is 3.38. The van der Waals surface area contributed by atoms with Crippen LogP contribution in [0.3, 0.4) is 0 Å². The van der Waals surface area contributed by atoms with E-state index in [4.69, 9.17) is 4.74 Å². The van der Waals surface area contributed by atoms with E-state index < -0.39 is 18.0 Å².